The Morgan fingerprint density at radius 2 is 2.24 bits per heavy atom. The molecular weight excluding hydrogens is 238 g/mol. The Labute approximate surface area is 105 Å². The minimum Gasteiger partial charge on any atom is -0.496 e. The maximum absolute atomic E-state index is 5.91. The normalized spacial score (nSPS) is 10.5. The molecule has 1 aromatic heterocycles. The molecular formula is C12H14ClN3O. The van der Waals surface area contributed by atoms with Crippen LogP contribution in [0, 0.1) is 0 Å². The van der Waals surface area contributed by atoms with Crippen LogP contribution in [0.2, 0.25) is 5.02 Å². The molecule has 90 valence electrons. The first-order valence-corrected chi connectivity index (χ1v) is 5.87. The topological polar surface area (TPSA) is 50.8 Å². The van der Waals surface area contributed by atoms with E-state index in [2.05, 4.69) is 22.1 Å². The summed E-state index contributed by atoms with van der Waals surface area (Å²) >= 11 is 5.91. The molecule has 0 aliphatic heterocycles. The number of H-pyrrole nitrogens is 1. The molecule has 2 aromatic rings. The number of halogens is 1. The van der Waals surface area contributed by atoms with Gasteiger partial charge in [0.15, 0.2) is 5.82 Å². The standard InChI is InChI=1S/C12H14ClN3O/c1-3-4-11-14-12(16-15-11)9-6-5-8(13)7-10(9)17-2/h5-7H,3-4H2,1-2H3,(H,14,15,16). The Bertz CT molecular complexity index is 510. The molecule has 5 heteroatoms. The van der Waals surface area contributed by atoms with Crippen molar-refractivity contribution in [2.24, 2.45) is 0 Å². The summed E-state index contributed by atoms with van der Waals surface area (Å²) < 4.78 is 5.27. The lowest BCUT2D eigenvalue weighted by atomic mass is 10.2. The average Bonchev–Trinajstić information content (AvgIpc) is 2.78. The summed E-state index contributed by atoms with van der Waals surface area (Å²) in [6, 6.07) is 5.42. The third kappa shape index (κ3) is 2.58. The van der Waals surface area contributed by atoms with E-state index in [1.165, 1.54) is 0 Å². The van der Waals surface area contributed by atoms with Crippen molar-refractivity contribution in [3.63, 3.8) is 0 Å². The molecule has 1 N–H and O–H groups in total. The van der Waals surface area contributed by atoms with Gasteiger partial charge in [0.25, 0.3) is 0 Å². The fourth-order valence-electron chi connectivity index (χ4n) is 1.61. The van der Waals surface area contributed by atoms with Crippen LogP contribution >= 0.6 is 11.6 Å². The molecule has 0 unspecified atom stereocenters. The second-order valence-corrected chi connectivity index (χ2v) is 4.14. The molecule has 17 heavy (non-hydrogen) atoms. The number of aromatic nitrogens is 3. The maximum atomic E-state index is 5.91. The van der Waals surface area contributed by atoms with E-state index in [1.807, 2.05) is 6.07 Å². The minimum absolute atomic E-state index is 0.634. The van der Waals surface area contributed by atoms with Gasteiger partial charge in [-0.3, -0.25) is 5.10 Å². The first-order chi connectivity index (χ1) is 8.24. The largest absolute Gasteiger partial charge is 0.496 e. The number of ether oxygens (including phenoxy) is 1. The molecule has 0 fully saturated rings. The Morgan fingerprint density at radius 3 is 2.94 bits per heavy atom. The van der Waals surface area contributed by atoms with E-state index in [0.717, 1.165) is 24.2 Å². The highest BCUT2D eigenvalue weighted by molar-refractivity contribution is 6.30. The smallest absolute Gasteiger partial charge is 0.184 e. The predicted octanol–water partition coefficient (Wildman–Crippen LogP) is 3.09. The fourth-order valence-corrected chi connectivity index (χ4v) is 1.78. The zero-order valence-electron chi connectivity index (χ0n) is 9.83. The summed E-state index contributed by atoms with van der Waals surface area (Å²) in [7, 11) is 1.61. The third-order valence-corrected chi connectivity index (χ3v) is 2.66. The summed E-state index contributed by atoms with van der Waals surface area (Å²) in [5.41, 5.74) is 0.843. The lowest BCUT2D eigenvalue weighted by molar-refractivity contribution is 0.416. The lowest BCUT2D eigenvalue weighted by Gasteiger charge is -2.05. The van der Waals surface area contributed by atoms with E-state index in [4.69, 9.17) is 16.3 Å². The van der Waals surface area contributed by atoms with Crippen LogP contribution in [-0.2, 0) is 6.42 Å². The second kappa shape index (κ2) is 5.19. The van der Waals surface area contributed by atoms with Crippen molar-refractivity contribution in [1.29, 1.82) is 0 Å². The number of nitrogens with zero attached hydrogens (tertiary/aromatic N) is 2. The average molecular weight is 252 g/mol. The van der Waals surface area contributed by atoms with Crippen LogP contribution in [0.1, 0.15) is 19.2 Å². The molecule has 0 aliphatic rings. The highest BCUT2D eigenvalue weighted by Gasteiger charge is 2.11. The van der Waals surface area contributed by atoms with Gasteiger partial charge in [0.05, 0.1) is 12.7 Å². The predicted molar refractivity (Wildman–Crippen MR) is 67.4 cm³/mol. The van der Waals surface area contributed by atoms with Crippen molar-refractivity contribution < 1.29 is 4.74 Å². The SMILES string of the molecule is CCCc1nc(-c2ccc(Cl)cc2OC)n[nH]1. The van der Waals surface area contributed by atoms with Crippen molar-refractivity contribution in [2.45, 2.75) is 19.8 Å². The number of hydrogen-bond donors (Lipinski definition) is 1. The van der Waals surface area contributed by atoms with E-state index >= 15 is 0 Å². The van der Waals surface area contributed by atoms with Gasteiger partial charge in [-0.15, -0.1) is 0 Å². The molecule has 1 aromatic carbocycles. The van der Waals surface area contributed by atoms with Gasteiger partial charge < -0.3 is 4.74 Å². The summed E-state index contributed by atoms with van der Waals surface area (Å²) in [5.74, 6) is 2.21. The van der Waals surface area contributed by atoms with Crippen LogP contribution in [0.3, 0.4) is 0 Å². The van der Waals surface area contributed by atoms with Gasteiger partial charge >= 0.3 is 0 Å². The number of nitrogens with one attached hydrogen (secondary N) is 1. The molecule has 0 saturated carbocycles. The summed E-state index contributed by atoms with van der Waals surface area (Å²) in [6.45, 7) is 2.10. The monoisotopic (exact) mass is 251 g/mol. The fraction of sp³-hybridized carbons (Fsp3) is 0.333. The van der Waals surface area contributed by atoms with E-state index in [-0.39, 0.29) is 0 Å². The van der Waals surface area contributed by atoms with Crippen molar-refractivity contribution in [2.75, 3.05) is 7.11 Å². The maximum Gasteiger partial charge on any atom is 0.184 e. The summed E-state index contributed by atoms with van der Waals surface area (Å²) in [6.07, 6.45) is 1.93. The van der Waals surface area contributed by atoms with Crippen LogP contribution in [0.4, 0.5) is 0 Å². The van der Waals surface area contributed by atoms with Crippen LogP contribution < -0.4 is 4.74 Å². The molecule has 0 aliphatic carbocycles. The lowest BCUT2D eigenvalue weighted by Crippen LogP contribution is -1.90. The molecule has 4 nitrogen and oxygen atoms in total. The van der Waals surface area contributed by atoms with Crippen LogP contribution in [0.15, 0.2) is 18.2 Å². The van der Waals surface area contributed by atoms with Crippen molar-refractivity contribution in [1.82, 2.24) is 15.2 Å². The Morgan fingerprint density at radius 1 is 1.41 bits per heavy atom. The highest BCUT2D eigenvalue weighted by atomic mass is 35.5. The third-order valence-electron chi connectivity index (χ3n) is 2.42. The van der Waals surface area contributed by atoms with Gasteiger partial charge in [-0.1, -0.05) is 18.5 Å². The van der Waals surface area contributed by atoms with Crippen molar-refractivity contribution in [3.8, 4) is 17.1 Å². The Balaban J connectivity index is 2.37. The molecule has 1 heterocycles. The summed E-state index contributed by atoms with van der Waals surface area (Å²) in [5, 5.41) is 7.74. The van der Waals surface area contributed by atoms with E-state index in [9.17, 15) is 0 Å². The second-order valence-electron chi connectivity index (χ2n) is 3.70. The number of hydrogen-bond acceptors (Lipinski definition) is 3. The zero-order valence-corrected chi connectivity index (χ0v) is 10.6. The van der Waals surface area contributed by atoms with Gasteiger partial charge in [-0.2, -0.15) is 5.10 Å². The highest BCUT2D eigenvalue weighted by Crippen LogP contribution is 2.30. The Kier molecular flexibility index (Phi) is 3.64. The van der Waals surface area contributed by atoms with E-state index < -0.39 is 0 Å². The van der Waals surface area contributed by atoms with Crippen LogP contribution in [0.25, 0.3) is 11.4 Å². The van der Waals surface area contributed by atoms with Crippen molar-refractivity contribution >= 4 is 11.6 Å². The van der Waals surface area contributed by atoms with Crippen LogP contribution in [-0.4, -0.2) is 22.3 Å². The number of aryl methyl sites for hydroxylation is 1. The number of benzene rings is 1. The molecule has 0 saturated heterocycles. The molecule has 0 spiro atoms. The molecule has 0 radical (unpaired) electrons. The minimum atomic E-state index is 0.634. The quantitative estimate of drug-likeness (QED) is 0.909. The molecule has 0 atom stereocenters. The number of rotatable bonds is 4. The first-order valence-electron chi connectivity index (χ1n) is 5.49. The van der Waals surface area contributed by atoms with Crippen molar-refractivity contribution in [3.05, 3.63) is 29.0 Å². The van der Waals surface area contributed by atoms with Gasteiger partial charge in [-0.25, -0.2) is 4.98 Å². The van der Waals surface area contributed by atoms with Gasteiger partial charge in [0.2, 0.25) is 0 Å². The Hall–Kier alpha value is -1.55. The van der Waals surface area contributed by atoms with Gasteiger partial charge in [0, 0.05) is 11.4 Å². The van der Waals surface area contributed by atoms with Gasteiger partial charge in [-0.05, 0) is 24.6 Å². The first kappa shape index (κ1) is 11.9. The van der Waals surface area contributed by atoms with Gasteiger partial charge in [0.1, 0.15) is 11.6 Å². The number of methoxy groups -OCH3 is 1. The van der Waals surface area contributed by atoms with E-state index in [0.29, 0.717) is 16.6 Å². The zero-order chi connectivity index (χ0) is 12.3. The summed E-state index contributed by atoms with van der Waals surface area (Å²) in [4.78, 5) is 4.42. The molecule has 0 bridgehead atoms. The molecule has 2 rings (SSSR count). The van der Waals surface area contributed by atoms with Crippen LogP contribution in [0.5, 0.6) is 5.75 Å². The molecule has 0 amide bonds. The number of aromatic amines is 1. The van der Waals surface area contributed by atoms with E-state index in [1.54, 1.807) is 19.2 Å².